The molecule has 0 N–H and O–H groups in total. The van der Waals surface area contributed by atoms with Gasteiger partial charge in [-0.3, -0.25) is 0 Å². The van der Waals surface area contributed by atoms with Crippen molar-refractivity contribution in [2.75, 3.05) is 6.61 Å². The summed E-state index contributed by atoms with van der Waals surface area (Å²) in [6.07, 6.45) is 1.35. The second-order valence-corrected chi connectivity index (χ2v) is 8.59. The molecule has 0 aliphatic heterocycles. The lowest BCUT2D eigenvalue weighted by molar-refractivity contribution is -0.137. The van der Waals surface area contributed by atoms with Gasteiger partial charge in [-0.25, -0.2) is 4.79 Å². The van der Waals surface area contributed by atoms with E-state index in [0.717, 1.165) is 0 Å². The molecule has 0 aromatic rings. The van der Waals surface area contributed by atoms with Gasteiger partial charge >= 0.3 is 5.97 Å². The quantitative estimate of drug-likeness (QED) is 0.291. The fraction of sp³-hybridized carbons (Fsp3) is 0.556. The SMILES string of the molecule is CCOC(=O)C=C=C[Si](C)(C)C. The van der Waals surface area contributed by atoms with Crippen LogP contribution in [0.1, 0.15) is 6.92 Å². The third-order valence-corrected chi connectivity index (χ3v) is 2.04. The van der Waals surface area contributed by atoms with E-state index in [0.29, 0.717) is 6.61 Å². The van der Waals surface area contributed by atoms with E-state index in [4.69, 9.17) is 4.74 Å². The molecule has 0 radical (unpaired) electrons. The van der Waals surface area contributed by atoms with Crippen LogP contribution in [-0.4, -0.2) is 20.7 Å². The Balaban J connectivity index is 4.06. The van der Waals surface area contributed by atoms with Gasteiger partial charge in [-0.05, 0) is 6.92 Å². The van der Waals surface area contributed by atoms with Gasteiger partial charge in [-0.2, -0.15) is 0 Å². The molecule has 3 heteroatoms. The van der Waals surface area contributed by atoms with Crippen molar-refractivity contribution in [1.82, 2.24) is 0 Å². The normalized spacial score (nSPS) is 10.0. The highest BCUT2D eigenvalue weighted by Crippen LogP contribution is 1.99. The zero-order valence-electron chi connectivity index (χ0n) is 8.18. The van der Waals surface area contributed by atoms with Crippen LogP contribution in [0.4, 0.5) is 0 Å². The second kappa shape index (κ2) is 4.96. The number of rotatable bonds is 3. The summed E-state index contributed by atoms with van der Waals surface area (Å²) < 4.78 is 4.70. The molecular weight excluding hydrogens is 168 g/mol. The van der Waals surface area contributed by atoms with E-state index in [9.17, 15) is 4.79 Å². The van der Waals surface area contributed by atoms with Crippen molar-refractivity contribution in [3.05, 3.63) is 17.5 Å². The fourth-order valence-corrected chi connectivity index (χ4v) is 1.13. The summed E-state index contributed by atoms with van der Waals surface area (Å²) in [5.41, 5.74) is 4.82. The summed E-state index contributed by atoms with van der Waals surface area (Å²) in [6.45, 7) is 8.74. The standard InChI is InChI=1S/C9H16O2Si/c1-5-11-9(10)7-6-8-12(2,3)4/h7-8H,5H2,1-4H3. The predicted molar refractivity (Wildman–Crippen MR) is 52.6 cm³/mol. The maximum Gasteiger partial charge on any atom is 0.338 e. The summed E-state index contributed by atoms with van der Waals surface area (Å²) in [6, 6.07) is 0. The van der Waals surface area contributed by atoms with E-state index in [-0.39, 0.29) is 5.97 Å². The molecule has 12 heavy (non-hydrogen) atoms. The van der Waals surface area contributed by atoms with Crippen LogP contribution in [-0.2, 0) is 9.53 Å². The van der Waals surface area contributed by atoms with Gasteiger partial charge in [0.1, 0.15) is 0 Å². The summed E-state index contributed by atoms with van der Waals surface area (Å²) in [4.78, 5) is 10.8. The number of hydrogen-bond acceptors (Lipinski definition) is 2. The first kappa shape index (κ1) is 11.2. The molecule has 0 fully saturated rings. The molecule has 0 unspecified atom stereocenters. The lowest BCUT2D eigenvalue weighted by atomic mass is 10.6. The molecular formula is C9H16O2Si. The first-order chi connectivity index (χ1) is 5.45. The number of hydrogen-bond donors (Lipinski definition) is 0. The minimum atomic E-state index is -1.22. The molecule has 0 amide bonds. The van der Waals surface area contributed by atoms with E-state index in [1.807, 2.05) is 5.70 Å². The molecule has 0 saturated heterocycles. The van der Waals surface area contributed by atoms with E-state index in [1.54, 1.807) is 6.92 Å². The third-order valence-electron chi connectivity index (χ3n) is 1.00. The molecule has 0 heterocycles. The lowest BCUT2D eigenvalue weighted by Crippen LogP contribution is -2.14. The monoisotopic (exact) mass is 184 g/mol. The van der Waals surface area contributed by atoms with Gasteiger partial charge in [0, 0.05) is 0 Å². The molecule has 2 nitrogen and oxygen atoms in total. The molecule has 0 aliphatic carbocycles. The highest BCUT2D eigenvalue weighted by atomic mass is 28.3. The van der Waals surface area contributed by atoms with Gasteiger partial charge in [0.2, 0.25) is 0 Å². The van der Waals surface area contributed by atoms with Gasteiger partial charge in [0.05, 0.1) is 20.8 Å². The van der Waals surface area contributed by atoms with Crippen LogP contribution in [0.25, 0.3) is 0 Å². The van der Waals surface area contributed by atoms with Crippen LogP contribution in [0, 0.1) is 0 Å². The van der Waals surface area contributed by atoms with Crippen LogP contribution < -0.4 is 0 Å². The topological polar surface area (TPSA) is 26.3 Å². The first-order valence-electron chi connectivity index (χ1n) is 4.06. The largest absolute Gasteiger partial charge is 0.462 e. The van der Waals surface area contributed by atoms with E-state index in [2.05, 4.69) is 25.4 Å². The van der Waals surface area contributed by atoms with Gasteiger partial charge in [-0.15, -0.1) is 5.73 Å². The van der Waals surface area contributed by atoms with Crippen molar-refractivity contribution >= 4 is 14.0 Å². The summed E-state index contributed by atoms with van der Waals surface area (Å²) >= 11 is 0. The first-order valence-corrected chi connectivity index (χ1v) is 7.64. The molecule has 0 spiro atoms. The second-order valence-electron chi connectivity index (χ2n) is 3.57. The fourth-order valence-electron chi connectivity index (χ4n) is 0.544. The molecule has 0 aromatic heterocycles. The van der Waals surface area contributed by atoms with Crippen molar-refractivity contribution in [1.29, 1.82) is 0 Å². The predicted octanol–water partition coefficient (Wildman–Crippen LogP) is 2.14. The summed E-state index contributed by atoms with van der Waals surface area (Å²) in [5, 5.41) is 0. The van der Waals surface area contributed by atoms with Crippen LogP contribution >= 0.6 is 0 Å². The average molecular weight is 184 g/mol. The third kappa shape index (κ3) is 7.32. The van der Waals surface area contributed by atoms with Crippen molar-refractivity contribution in [2.24, 2.45) is 0 Å². The summed E-state index contributed by atoms with van der Waals surface area (Å²) in [5.74, 6) is -0.313. The number of carbonyl (C=O) groups is 1. The molecule has 0 aromatic carbocycles. The highest BCUT2D eigenvalue weighted by molar-refractivity contribution is 6.80. The van der Waals surface area contributed by atoms with E-state index >= 15 is 0 Å². The summed E-state index contributed by atoms with van der Waals surface area (Å²) in [7, 11) is -1.22. The van der Waals surface area contributed by atoms with Gasteiger partial charge < -0.3 is 4.74 Å². The number of ether oxygens (including phenoxy) is 1. The Labute approximate surface area is 74.9 Å². The van der Waals surface area contributed by atoms with Crippen LogP contribution in [0.15, 0.2) is 17.5 Å². The van der Waals surface area contributed by atoms with E-state index < -0.39 is 8.07 Å². The van der Waals surface area contributed by atoms with Gasteiger partial charge in [-0.1, -0.05) is 25.3 Å². The highest BCUT2D eigenvalue weighted by Gasteiger charge is 2.06. The minimum absolute atomic E-state index is 0.313. The van der Waals surface area contributed by atoms with Crippen molar-refractivity contribution in [2.45, 2.75) is 26.6 Å². The van der Waals surface area contributed by atoms with Crippen molar-refractivity contribution in [3.63, 3.8) is 0 Å². The zero-order valence-corrected chi connectivity index (χ0v) is 9.18. The lowest BCUT2D eigenvalue weighted by Gasteiger charge is -2.04. The maximum absolute atomic E-state index is 10.8. The Bertz CT molecular complexity index is 207. The maximum atomic E-state index is 10.8. The minimum Gasteiger partial charge on any atom is -0.462 e. The Hall–Kier alpha value is -0.793. The smallest absolute Gasteiger partial charge is 0.338 e. The van der Waals surface area contributed by atoms with Crippen molar-refractivity contribution < 1.29 is 9.53 Å². The molecule has 0 bridgehead atoms. The molecule has 0 atom stereocenters. The van der Waals surface area contributed by atoms with Crippen LogP contribution in [0.3, 0.4) is 0 Å². The van der Waals surface area contributed by atoms with Gasteiger partial charge in [0.15, 0.2) is 0 Å². The van der Waals surface area contributed by atoms with Crippen LogP contribution in [0.5, 0.6) is 0 Å². The molecule has 0 rings (SSSR count). The van der Waals surface area contributed by atoms with Crippen LogP contribution in [0.2, 0.25) is 19.6 Å². The molecule has 0 saturated carbocycles. The number of carbonyl (C=O) groups excluding carboxylic acids is 1. The Morgan fingerprint density at radius 1 is 1.50 bits per heavy atom. The zero-order chi connectivity index (χ0) is 9.61. The Morgan fingerprint density at radius 2 is 2.08 bits per heavy atom. The van der Waals surface area contributed by atoms with E-state index in [1.165, 1.54) is 6.08 Å². The van der Waals surface area contributed by atoms with Gasteiger partial charge in [0.25, 0.3) is 0 Å². The number of esters is 1. The Morgan fingerprint density at radius 3 is 2.50 bits per heavy atom. The molecule has 0 aliphatic rings. The average Bonchev–Trinajstić information content (AvgIpc) is 1.84. The Kier molecular flexibility index (Phi) is 4.63. The van der Waals surface area contributed by atoms with Crippen molar-refractivity contribution in [3.8, 4) is 0 Å². The molecule has 68 valence electrons.